The molecule has 90 valence electrons. The number of pyridine rings is 1. The highest BCUT2D eigenvalue weighted by molar-refractivity contribution is 5.98. The molecule has 1 aliphatic rings. The summed E-state index contributed by atoms with van der Waals surface area (Å²) >= 11 is 0. The zero-order valence-corrected chi connectivity index (χ0v) is 9.14. The lowest BCUT2D eigenvalue weighted by molar-refractivity contribution is 0.0692. The summed E-state index contributed by atoms with van der Waals surface area (Å²) < 4.78 is 0. The van der Waals surface area contributed by atoms with Crippen LogP contribution in [-0.2, 0) is 0 Å². The highest BCUT2D eigenvalue weighted by Crippen LogP contribution is 2.27. The fraction of sp³-hybridized carbons (Fsp3) is 0.364. The number of amides is 2. The molecule has 1 fully saturated rings. The van der Waals surface area contributed by atoms with Crippen molar-refractivity contribution in [2.45, 2.75) is 12.8 Å². The molecule has 0 bridgehead atoms. The molecule has 1 aliphatic carbocycles. The normalized spacial score (nSPS) is 14.1. The second-order valence-corrected chi connectivity index (χ2v) is 3.98. The summed E-state index contributed by atoms with van der Waals surface area (Å²) in [6, 6.07) is 2.68. The van der Waals surface area contributed by atoms with Gasteiger partial charge >= 0.3 is 12.0 Å². The molecule has 0 saturated heterocycles. The van der Waals surface area contributed by atoms with Crippen LogP contribution < -0.4 is 10.6 Å². The number of urea groups is 1. The standard InChI is InChI=1S/C11H13N3O3/c15-10(16)9-8(2-1-5-12-9)14-11(17)13-6-7-3-4-7/h1-2,5,7H,3-4,6H2,(H,15,16)(H2,13,14,17). The van der Waals surface area contributed by atoms with Crippen LogP contribution in [0.25, 0.3) is 0 Å². The first-order valence-corrected chi connectivity index (χ1v) is 5.40. The summed E-state index contributed by atoms with van der Waals surface area (Å²) in [5.41, 5.74) is 0.0439. The molecule has 0 spiro atoms. The molecule has 0 aliphatic heterocycles. The SMILES string of the molecule is O=C(NCC1CC1)Nc1cccnc1C(=O)O. The Bertz CT molecular complexity index is 443. The van der Waals surface area contributed by atoms with E-state index >= 15 is 0 Å². The molecule has 3 N–H and O–H groups in total. The number of nitrogens with zero attached hydrogens (tertiary/aromatic N) is 1. The number of hydrogen-bond acceptors (Lipinski definition) is 3. The van der Waals surface area contributed by atoms with Gasteiger partial charge in [0.05, 0.1) is 5.69 Å². The molecular formula is C11H13N3O3. The van der Waals surface area contributed by atoms with Crippen LogP contribution in [0.15, 0.2) is 18.3 Å². The van der Waals surface area contributed by atoms with E-state index in [2.05, 4.69) is 15.6 Å². The van der Waals surface area contributed by atoms with Crippen molar-refractivity contribution in [1.82, 2.24) is 10.3 Å². The van der Waals surface area contributed by atoms with Gasteiger partial charge in [0.2, 0.25) is 0 Å². The van der Waals surface area contributed by atoms with E-state index in [0.29, 0.717) is 12.5 Å². The molecule has 2 rings (SSSR count). The Kier molecular flexibility index (Phi) is 3.22. The van der Waals surface area contributed by atoms with E-state index in [4.69, 9.17) is 5.11 Å². The summed E-state index contributed by atoms with van der Waals surface area (Å²) in [7, 11) is 0. The van der Waals surface area contributed by atoms with Crippen molar-refractivity contribution in [3.05, 3.63) is 24.0 Å². The Morgan fingerprint density at radius 3 is 2.88 bits per heavy atom. The zero-order chi connectivity index (χ0) is 12.3. The molecule has 1 aromatic rings. The van der Waals surface area contributed by atoms with Gasteiger partial charge in [0.25, 0.3) is 0 Å². The molecule has 6 heteroatoms. The Hall–Kier alpha value is -2.11. The largest absolute Gasteiger partial charge is 0.476 e. The van der Waals surface area contributed by atoms with E-state index in [9.17, 15) is 9.59 Å². The zero-order valence-electron chi connectivity index (χ0n) is 9.14. The van der Waals surface area contributed by atoms with Gasteiger partial charge in [0.1, 0.15) is 0 Å². The number of aromatic carboxylic acids is 1. The molecule has 6 nitrogen and oxygen atoms in total. The number of carbonyl (C=O) groups is 2. The summed E-state index contributed by atoms with van der Waals surface area (Å²) in [6.45, 7) is 0.633. The van der Waals surface area contributed by atoms with E-state index in [0.717, 1.165) is 12.8 Å². The third-order valence-electron chi connectivity index (χ3n) is 2.51. The number of carboxylic acids is 1. The van der Waals surface area contributed by atoms with Crippen LogP contribution in [0.3, 0.4) is 0 Å². The molecule has 17 heavy (non-hydrogen) atoms. The maximum atomic E-state index is 11.5. The van der Waals surface area contributed by atoms with Crippen LogP contribution in [0.4, 0.5) is 10.5 Å². The van der Waals surface area contributed by atoms with Gasteiger partial charge in [0, 0.05) is 12.7 Å². The summed E-state index contributed by atoms with van der Waals surface area (Å²) in [4.78, 5) is 26.0. The number of carboxylic acid groups (broad SMARTS) is 1. The van der Waals surface area contributed by atoms with E-state index in [1.807, 2.05) is 0 Å². The maximum Gasteiger partial charge on any atom is 0.356 e. The van der Waals surface area contributed by atoms with Crippen molar-refractivity contribution >= 4 is 17.7 Å². The highest BCUT2D eigenvalue weighted by atomic mass is 16.4. The number of hydrogen-bond donors (Lipinski definition) is 3. The smallest absolute Gasteiger partial charge is 0.356 e. The molecule has 1 heterocycles. The number of nitrogens with one attached hydrogen (secondary N) is 2. The average Bonchev–Trinajstić information content (AvgIpc) is 3.10. The lowest BCUT2D eigenvalue weighted by Gasteiger charge is -2.08. The number of carbonyl (C=O) groups excluding carboxylic acids is 1. The van der Waals surface area contributed by atoms with Gasteiger partial charge in [-0.3, -0.25) is 0 Å². The van der Waals surface area contributed by atoms with Gasteiger partial charge in [-0.1, -0.05) is 0 Å². The topological polar surface area (TPSA) is 91.3 Å². The van der Waals surface area contributed by atoms with Crippen molar-refractivity contribution in [3.63, 3.8) is 0 Å². The Morgan fingerprint density at radius 2 is 2.24 bits per heavy atom. The monoisotopic (exact) mass is 235 g/mol. The molecule has 0 atom stereocenters. The van der Waals surface area contributed by atoms with Crippen molar-refractivity contribution < 1.29 is 14.7 Å². The minimum absolute atomic E-state index is 0.158. The van der Waals surface area contributed by atoms with Gasteiger partial charge in [-0.2, -0.15) is 0 Å². The first-order valence-electron chi connectivity index (χ1n) is 5.40. The van der Waals surface area contributed by atoms with Crippen LogP contribution in [0.1, 0.15) is 23.3 Å². The average molecular weight is 235 g/mol. The number of anilines is 1. The summed E-state index contributed by atoms with van der Waals surface area (Å²) in [5.74, 6) is -0.586. The third kappa shape index (κ3) is 3.17. The Labute approximate surface area is 98.1 Å². The van der Waals surface area contributed by atoms with Crippen molar-refractivity contribution in [1.29, 1.82) is 0 Å². The lowest BCUT2D eigenvalue weighted by Crippen LogP contribution is -2.31. The van der Waals surface area contributed by atoms with E-state index in [1.165, 1.54) is 12.3 Å². The molecule has 0 unspecified atom stereocenters. The van der Waals surface area contributed by atoms with E-state index < -0.39 is 12.0 Å². The molecule has 2 amide bonds. The lowest BCUT2D eigenvalue weighted by atomic mass is 10.3. The predicted octanol–water partition coefficient (Wildman–Crippen LogP) is 1.31. The molecule has 0 radical (unpaired) electrons. The van der Waals surface area contributed by atoms with E-state index in [1.54, 1.807) is 6.07 Å². The van der Waals surface area contributed by atoms with Crippen LogP contribution in [0.2, 0.25) is 0 Å². The Morgan fingerprint density at radius 1 is 1.47 bits per heavy atom. The van der Waals surface area contributed by atoms with Crippen LogP contribution in [0.5, 0.6) is 0 Å². The van der Waals surface area contributed by atoms with Gasteiger partial charge in [-0.25, -0.2) is 14.6 Å². The van der Waals surface area contributed by atoms with Crippen molar-refractivity contribution in [3.8, 4) is 0 Å². The predicted molar refractivity (Wildman–Crippen MR) is 60.9 cm³/mol. The number of aromatic nitrogens is 1. The number of rotatable bonds is 4. The molecule has 0 aromatic carbocycles. The second kappa shape index (κ2) is 4.82. The summed E-state index contributed by atoms with van der Waals surface area (Å²) in [5, 5.41) is 14.0. The molecule has 1 aromatic heterocycles. The van der Waals surface area contributed by atoms with Gasteiger partial charge in [-0.05, 0) is 30.9 Å². The first-order chi connectivity index (χ1) is 8.16. The van der Waals surface area contributed by atoms with E-state index in [-0.39, 0.29) is 11.4 Å². The quantitative estimate of drug-likeness (QED) is 0.733. The maximum absolute atomic E-state index is 11.5. The molecular weight excluding hydrogens is 222 g/mol. The fourth-order valence-corrected chi connectivity index (χ4v) is 1.40. The van der Waals surface area contributed by atoms with Crippen molar-refractivity contribution in [2.75, 3.05) is 11.9 Å². The minimum Gasteiger partial charge on any atom is -0.476 e. The van der Waals surface area contributed by atoms with Crippen LogP contribution in [-0.4, -0.2) is 28.6 Å². The minimum atomic E-state index is -1.16. The molecule has 1 saturated carbocycles. The Balaban J connectivity index is 1.96. The van der Waals surface area contributed by atoms with Crippen LogP contribution in [0, 0.1) is 5.92 Å². The van der Waals surface area contributed by atoms with Gasteiger partial charge in [0.15, 0.2) is 5.69 Å². The third-order valence-corrected chi connectivity index (χ3v) is 2.51. The van der Waals surface area contributed by atoms with Crippen molar-refractivity contribution in [2.24, 2.45) is 5.92 Å². The van der Waals surface area contributed by atoms with Gasteiger partial charge in [-0.15, -0.1) is 0 Å². The van der Waals surface area contributed by atoms with Crippen LogP contribution >= 0.6 is 0 Å². The highest BCUT2D eigenvalue weighted by Gasteiger charge is 2.22. The second-order valence-electron chi connectivity index (χ2n) is 3.98. The fourth-order valence-electron chi connectivity index (χ4n) is 1.40. The first kappa shape index (κ1) is 11.4. The summed E-state index contributed by atoms with van der Waals surface area (Å²) in [6.07, 6.45) is 3.66. The van der Waals surface area contributed by atoms with Gasteiger partial charge < -0.3 is 15.7 Å².